The second-order valence-electron chi connectivity index (χ2n) is 6.74. The van der Waals surface area contributed by atoms with Gasteiger partial charge in [0, 0.05) is 31.5 Å². The van der Waals surface area contributed by atoms with Gasteiger partial charge in [-0.3, -0.25) is 4.79 Å². The van der Waals surface area contributed by atoms with Crippen LogP contribution in [0, 0.1) is 11.8 Å². The van der Waals surface area contributed by atoms with Crippen LogP contribution in [0.4, 0.5) is 0 Å². The number of rotatable bonds is 6. The quantitative estimate of drug-likeness (QED) is 0.779. The van der Waals surface area contributed by atoms with Crippen LogP contribution in [0.1, 0.15) is 5.56 Å². The van der Waals surface area contributed by atoms with Crippen LogP contribution >= 0.6 is 0 Å². The van der Waals surface area contributed by atoms with Gasteiger partial charge in [0.15, 0.2) is 0 Å². The first-order valence-corrected chi connectivity index (χ1v) is 10.2. The number of carbonyl (C=O) groups is 1. The zero-order valence-corrected chi connectivity index (χ0v) is 15.3. The van der Waals surface area contributed by atoms with Crippen molar-refractivity contribution in [3.05, 3.63) is 29.8 Å². The summed E-state index contributed by atoms with van der Waals surface area (Å²) < 4.78 is 36.0. The van der Waals surface area contributed by atoms with E-state index in [2.05, 4.69) is 4.72 Å². The second kappa shape index (κ2) is 7.31. The molecule has 7 nitrogen and oxygen atoms in total. The topological polar surface area (TPSA) is 84.9 Å². The van der Waals surface area contributed by atoms with E-state index in [1.165, 1.54) is 0 Å². The number of carbonyl (C=O) groups excluding carboxylic acids is 1. The molecule has 3 atom stereocenters. The molecule has 2 saturated heterocycles. The summed E-state index contributed by atoms with van der Waals surface area (Å²) in [6.07, 6.45) is 1.50. The van der Waals surface area contributed by atoms with E-state index in [0.717, 1.165) is 17.6 Å². The van der Waals surface area contributed by atoms with Crippen LogP contribution in [-0.2, 0) is 26.0 Å². The molecule has 0 saturated carbocycles. The van der Waals surface area contributed by atoms with E-state index in [0.29, 0.717) is 32.7 Å². The fourth-order valence-corrected chi connectivity index (χ4v) is 4.02. The highest BCUT2D eigenvalue weighted by molar-refractivity contribution is 7.88. The van der Waals surface area contributed by atoms with Crippen molar-refractivity contribution in [1.29, 1.82) is 0 Å². The molecule has 0 aromatic heterocycles. The van der Waals surface area contributed by atoms with E-state index in [4.69, 9.17) is 9.47 Å². The molecule has 1 amide bonds. The van der Waals surface area contributed by atoms with Gasteiger partial charge in [-0.2, -0.15) is 0 Å². The van der Waals surface area contributed by atoms with Crippen LogP contribution in [0.2, 0.25) is 0 Å². The molecule has 0 spiro atoms. The Morgan fingerprint density at radius 2 is 2.04 bits per heavy atom. The molecule has 1 aromatic rings. The van der Waals surface area contributed by atoms with Gasteiger partial charge >= 0.3 is 0 Å². The summed E-state index contributed by atoms with van der Waals surface area (Å²) >= 11 is 0. The Kier molecular flexibility index (Phi) is 5.31. The van der Waals surface area contributed by atoms with Crippen molar-refractivity contribution in [3.8, 4) is 5.75 Å². The normalized spacial score (nSPS) is 25.8. The summed E-state index contributed by atoms with van der Waals surface area (Å²) in [4.78, 5) is 14.4. The summed E-state index contributed by atoms with van der Waals surface area (Å²) in [7, 11) is -1.60. The Bertz CT molecular complexity index is 719. The van der Waals surface area contributed by atoms with E-state index in [1.807, 2.05) is 29.2 Å². The van der Waals surface area contributed by atoms with Gasteiger partial charge in [0.2, 0.25) is 15.9 Å². The summed E-state index contributed by atoms with van der Waals surface area (Å²) in [6, 6.07) is 7.47. The lowest BCUT2D eigenvalue weighted by Gasteiger charge is -2.20. The highest BCUT2D eigenvalue weighted by Gasteiger charge is 2.45. The highest BCUT2D eigenvalue weighted by Crippen LogP contribution is 2.33. The SMILES string of the molecule is COc1ccc(CC(=O)N2C[C@@H]3[C@H](CNS(C)(=O)=O)CO[C@@H]3C2)cc1. The van der Waals surface area contributed by atoms with Crippen molar-refractivity contribution >= 4 is 15.9 Å². The van der Waals surface area contributed by atoms with Crippen LogP contribution in [0.15, 0.2) is 24.3 Å². The van der Waals surface area contributed by atoms with Gasteiger partial charge in [0.05, 0.1) is 32.5 Å². The van der Waals surface area contributed by atoms with Crippen molar-refractivity contribution in [3.63, 3.8) is 0 Å². The number of amides is 1. The first-order valence-electron chi connectivity index (χ1n) is 8.32. The Balaban J connectivity index is 1.55. The maximum absolute atomic E-state index is 12.6. The zero-order valence-electron chi connectivity index (χ0n) is 14.5. The van der Waals surface area contributed by atoms with E-state index in [9.17, 15) is 13.2 Å². The Morgan fingerprint density at radius 1 is 1.32 bits per heavy atom. The predicted molar refractivity (Wildman–Crippen MR) is 92.8 cm³/mol. The lowest BCUT2D eigenvalue weighted by molar-refractivity contribution is -0.130. The monoisotopic (exact) mass is 368 g/mol. The summed E-state index contributed by atoms with van der Waals surface area (Å²) in [5.41, 5.74) is 0.944. The molecule has 25 heavy (non-hydrogen) atoms. The Hall–Kier alpha value is -1.64. The van der Waals surface area contributed by atoms with Crippen molar-refractivity contribution in [2.75, 3.05) is 39.6 Å². The number of nitrogens with zero attached hydrogens (tertiary/aromatic N) is 1. The third-order valence-corrected chi connectivity index (χ3v) is 5.60. The molecule has 2 aliphatic rings. The molecule has 1 N–H and O–H groups in total. The van der Waals surface area contributed by atoms with E-state index in [-0.39, 0.29) is 23.8 Å². The molecule has 1 aromatic carbocycles. The van der Waals surface area contributed by atoms with Crippen LogP contribution in [0.5, 0.6) is 5.75 Å². The number of ether oxygens (including phenoxy) is 2. The zero-order chi connectivity index (χ0) is 18.0. The molecule has 2 aliphatic heterocycles. The van der Waals surface area contributed by atoms with Crippen molar-refractivity contribution in [2.45, 2.75) is 12.5 Å². The standard InChI is InChI=1S/C17H24N2O5S/c1-23-14-5-3-12(4-6-14)7-17(20)19-9-15-13(8-18-25(2,21)22)11-24-16(15)10-19/h3-6,13,15-16,18H,7-11H2,1-2H3/t13-,15-,16-/m1/s1. The maximum Gasteiger partial charge on any atom is 0.227 e. The van der Waals surface area contributed by atoms with Gasteiger partial charge in [-0.25, -0.2) is 13.1 Å². The molecule has 138 valence electrons. The van der Waals surface area contributed by atoms with E-state index >= 15 is 0 Å². The molecule has 2 heterocycles. The number of benzene rings is 1. The third-order valence-electron chi connectivity index (χ3n) is 4.91. The molecule has 2 fully saturated rings. The largest absolute Gasteiger partial charge is 0.497 e. The maximum atomic E-state index is 12.6. The Morgan fingerprint density at radius 3 is 2.68 bits per heavy atom. The smallest absolute Gasteiger partial charge is 0.227 e. The molecule has 0 aliphatic carbocycles. The van der Waals surface area contributed by atoms with Crippen LogP contribution in [-0.4, -0.2) is 64.9 Å². The minimum absolute atomic E-state index is 0.00572. The average molecular weight is 368 g/mol. The van der Waals surface area contributed by atoms with Crippen molar-refractivity contribution < 1.29 is 22.7 Å². The molecule has 8 heteroatoms. The molecule has 3 rings (SSSR count). The van der Waals surface area contributed by atoms with Gasteiger partial charge in [0.25, 0.3) is 0 Å². The van der Waals surface area contributed by atoms with E-state index in [1.54, 1.807) is 7.11 Å². The van der Waals surface area contributed by atoms with Crippen LogP contribution in [0.3, 0.4) is 0 Å². The summed E-state index contributed by atoms with van der Waals surface area (Å²) in [5.74, 6) is 1.13. The number of fused-ring (bicyclic) bond motifs is 1. The molecule has 0 unspecified atom stereocenters. The van der Waals surface area contributed by atoms with Crippen molar-refractivity contribution in [2.24, 2.45) is 11.8 Å². The number of hydrogen-bond donors (Lipinski definition) is 1. The summed E-state index contributed by atoms with van der Waals surface area (Å²) in [6.45, 7) is 2.10. The summed E-state index contributed by atoms with van der Waals surface area (Å²) in [5, 5.41) is 0. The average Bonchev–Trinajstić information content (AvgIpc) is 3.13. The third kappa shape index (κ3) is 4.50. The second-order valence-corrected chi connectivity index (χ2v) is 8.57. The number of methoxy groups -OCH3 is 1. The fourth-order valence-electron chi connectivity index (χ4n) is 3.50. The van der Waals surface area contributed by atoms with E-state index < -0.39 is 10.0 Å². The number of sulfonamides is 1. The number of nitrogens with one attached hydrogen (secondary N) is 1. The van der Waals surface area contributed by atoms with Crippen LogP contribution < -0.4 is 9.46 Å². The van der Waals surface area contributed by atoms with Crippen LogP contribution in [0.25, 0.3) is 0 Å². The molecular formula is C17H24N2O5S. The molecular weight excluding hydrogens is 344 g/mol. The van der Waals surface area contributed by atoms with Gasteiger partial charge in [-0.05, 0) is 17.7 Å². The Labute approximate surface area is 148 Å². The number of likely N-dealkylation sites (tertiary alicyclic amines) is 1. The predicted octanol–water partition coefficient (Wildman–Crippen LogP) is 0.260. The van der Waals surface area contributed by atoms with Gasteiger partial charge in [0.1, 0.15) is 5.75 Å². The lowest BCUT2D eigenvalue weighted by Crippen LogP contribution is -2.35. The van der Waals surface area contributed by atoms with Crippen molar-refractivity contribution in [1.82, 2.24) is 9.62 Å². The van der Waals surface area contributed by atoms with Gasteiger partial charge in [-0.1, -0.05) is 12.1 Å². The lowest BCUT2D eigenvalue weighted by atomic mass is 9.93. The first kappa shape index (κ1) is 18.2. The first-order chi connectivity index (χ1) is 11.9. The minimum Gasteiger partial charge on any atom is -0.497 e. The minimum atomic E-state index is -3.21. The fraction of sp³-hybridized carbons (Fsp3) is 0.588. The highest BCUT2D eigenvalue weighted by atomic mass is 32.2. The number of hydrogen-bond acceptors (Lipinski definition) is 5. The van der Waals surface area contributed by atoms with Gasteiger partial charge in [-0.15, -0.1) is 0 Å². The molecule has 0 bridgehead atoms. The van der Waals surface area contributed by atoms with Gasteiger partial charge < -0.3 is 14.4 Å². The molecule has 0 radical (unpaired) electrons.